The maximum atomic E-state index is 5.47. The van der Waals surface area contributed by atoms with Crippen molar-refractivity contribution in [1.29, 1.82) is 0 Å². The van der Waals surface area contributed by atoms with Gasteiger partial charge in [-0.15, -0.1) is 0 Å². The second-order valence-electron chi connectivity index (χ2n) is 3.40. The normalized spacial score (nSPS) is 19.7. The first kappa shape index (κ1) is 6.58. The average Bonchev–Trinajstić information content (AvgIpc) is 2.70. The minimum absolute atomic E-state index is 0.258. The van der Waals surface area contributed by atoms with Crippen molar-refractivity contribution in [3.63, 3.8) is 0 Å². The summed E-state index contributed by atoms with van der Waals surface area (Å²) in [5, 5.41) is 0. The molecule has 1 saturated carbocycles. The Morgan fingerprint density at radius 2 is 1.91 bits per heavy atom. The minimum Gasteiger partial charge on any atom is -0.396 e. The minimum atomic E-state index is 0.258. The molecule has 0 aliphatic heterocycles. The molecule has 3 nitrogen and oxygen atoms in total. The third-order valence-corrected chi connectivity index (χ3v) is 2.21. The smallest absolute Gasteiger partial charge is 0.134 e. The van der Waals surface area contributed by atoms with E-state index >= 15 is 0 Å². The molecule has 3 heteroatoms. The van der Waals surface area contributed by atoms with Crippen molar-refractivity contribution in [2.75, 3.05) is 5.73 Å². The molecule has 0 aromatic carbocycles. The molecule has 1 aromatic heterocycles. The van der Waals surface area contributed by atoms with Gasteiger partial charge in [0.05, 0.1) is 18.1 Å². The molecule has 0 amide bonds. The lowest BCUT2D eigenvalue weighted by molar-refractivity contribution is 0.709. The summed E-state index contributed by atoms with van der Waals surface area (Å²) in [6.07, 6.45) is 5.76. The molecule has 0 saturated heterocycles. The Bertz CT molecular complexity index is 261. The molecule has 58 valence electrons. The molecule has 0 spiro atoms. The number of hydrogen-bond acceptors (Lipinski definition) is 3. The number of nitrogens with zero attached hydrogens (tertiary/aromatic N) is 2. The number of rotatable bonds is 1. The van der Waals surface area contributed by atoms with Crippen LogP contribution in [0.25, 0.3) is 0 Å². The van der Waals surface area contributed by atoms with Gasteiger partial charge in [-0.05, 0) is 12.8 Å². The van der Waals surface area contributed by atoms with Crippen LogP contribution < -0.4 is 5.73 Å². The van der Waals surface area contributed by atoms with Gasteiger partial charge in [-0.25, -0.2) is 9.97 Å². The Morgan fingerprint density at radius 3 is 2.36 bits per heavy atom. The number of anilines is 1. The fourth-order valence-corrected chi connectivity index (χ4v) is 1.06. The summed E-state index contributed by atoms with van der Waals surface area (Å²) in [6.45, 7) is 2.18. The lowest BCUT2D eigenvalue weighted by Gasteiger charge is -2.04. The second-order valence-corrected chi connectivity index (χ2v) is 3.40. The molecular formula is C8H11N3. The van der Waals surface area contributed by atoms with Crippen LogP contribution in [-0.2, 0) is 5.41 Å². The van der Waals surface area contributed by atoms with E-state index in [1.165, 1.54) is 12.8 Å². The van der Waals surface area contributed by atoms with Crippen LogP contribution >= 0.6 is 0 Å². The Morgan fingerprint density at radius 1 is 1.36 bits per heavy atom. The summed E-state index contributed by atoms with van der Waals surface area (Å²) < 4.78 is 0. The predicted octanol–water partition coefficient (Wildman–Crippen LogP) is 1.11. The van der Waals surface area contributed by atoms with Crippen molar-refractivity contribution in [3.8, 4) is 0 Å². The van der Waals surface area contributed by atoms with Gasteiger partial charge in [0.2, 0.25) is 0 Å². The lowest BCUT2D eigenvalue weighted by atomic mass is 10.1. The Labute approximate surface area is 65.7 Å². The van der Waals surface area contributed by atoms with Crippen molar-refractivity contribution in [2.45, 2.75) is 25.2 Å². The van der Waals surface area contributed by atoms with Gasteiger partial charge in [0.25, 0.3) is 0 Å². The van der Waals surface area contributed by atoms with Gasteiger partial charge >= 0.3 is 0 Å². The van der Waals surface area contributed by atoms with Crippen LogP contribution in [0, 0.1) is 0 Å². The summed E-state index contributed by atoms with van der Waals surface area (Å²) in [5.41, 5.74) is 6.36. The Hall–Kier alpha value is -1.12. The van der Waals surface area contributed by atoms with E-state index in [9.17, 15) is 0 Å². The molecule has 1 aliphatic carbocycles. The monoisotopic (exact) mass is 149 g/mol. The predicted molar refractivity (Wildman–Crippen MR) is 43.0 cm³/mol. The van der Waals surface area contributed by atoms with Gasteiger partial charge in [0.1, 0.15) is 5.82 Å². The van der Waals surface area contributed by atoms with Crippen molar-refractivity contribution >= 4 is 5.69 Å². The zero-order valence-corrected chi connectivity index (χ0v) is 6.54. The number of hydrogen-bond donors (Lipinski definition) is 1. The van der Waals surface area contributed by atoms with Gasteiger partial charge in [-0.3, -0.25) is 0 Å². The van der Waals surface area contributed by atoms with Crippen LogP contribution in [0.4, 0.5) is 5.69 Å². The molecule has 1 heterocycles. The number of nitrogens with two attached hydrogens (primary N) is 1. The van der Waals surface area contributed by atoms with E-state index in [2.05, 4.69) is 16.9 Å². The topological polar surface area (TPSA) is 51.8 Å². The summed E-state index contributed by atoms with van der Waals surface area (Å²) in [7, 11) is 0. The highest BCUT2D eigenvalue weighted by Crippen LogP contribution is 2.45. The molecule has 0 bridgehead atoms. The maximum Gasteiger partial charge on any atom is 0.134 e. The standard InChI is InChI=1S/C8H11N3/c1-8(2-3-8)7-10-4-6(9)5-11-7/h4-5H,2-3,9H2,1H3. The van der Waals surface area contributed by atoms with Gasteiger partial charge in [0, 0.05) is 5.41 Å². The maximum absolute atomic E-state index is 5.47. The highest BCUT2D eigenvalue weighted by atomic mass is 14.9. The zero-order valence-electron chi connectivity index (χ0n) is 6.54. The third-order valence-electron chi connectivity index (χ3n) is 2.21. The molecule has 1 fully saturated rings. The molecule has 1 aromatic rings. The first-order chi connectivity index (χ1) is 5.21. The van der Waals surface area contributed by atoms with Crippen LogP contribution in [0.5, 0.6) is 0 Å². The molecule has 0 unspecified atom stereocenters. The van der Waals surface area contributed by atoms with Gasteiger partial charge < -0.3 is 5.73 Å². The summed E-state index contributed by atoms with van der Waals surface area (Å²) in [4.78, 5) is 8.35. The summed E-state index contributed by atoms with van der Waals surface area (Å²) >= 11 is 0. The molecule has 2 rings (SSSR count). The first-order valence-corrected chi connectivity index (χ1v) is 3.79. The third kappa shape index (κ3) is 1.06. The number of nitrogen functional groups attached to an aromatic ring is 1. The zero-order chi connectivity index (χ0) is 7.90. The largest absolute Gasteiger partial charge is 0.396 e. The second kappa shape index (κ2) is 1.94. The van der Waals surface area contributed by atoms with Crippen LogP contribution in [0.1, 0.15) is 25.6 Å². The first-order valence-electron chi connectivity index (χ1n) is 3.79. The van der Waals surface area contributed by atoms with Crippen LogP contribution in [0.2, 0.25) is 0 Å². The average molecular weight is 149 g/mol. The van der Waals surface area contributed by atoms with Crippen molar-refractivity contribution in [1.82, 2.24) is 9.97 Å². The van der Waals surface area contributed by atoms with E-state index < -0.39 is 0 Å². The van der Waals surface area contributed by atoms with Crippen molar-refractivity contribution in [3.05, 3.63) is 18.2 Å². The van der Waals surface area contributed by atoms with Gasteiger partial charge in [-0.1, -0.05) is 6.92 Å². The molecule has 0 radical (unpaired) electrons. The quantitative estimate of drug-likeness (QED) is 0.650. The molecule has 2 N–H and O–H groups in total. The fourth-order valence-electron chi connectivity index (χ4n) is 1.06. The molecule has 1 aliphatic rings. The van der Waals surface area contributed by atoms with Crippen molar-refractivity contribution in [2.24, 2.45) is 0 Å². The van der Waals surface area contributed by atoms with E-state index in [4.69, 9.17) is 5.73 Å². The SMILES string of the molecule is CC1(c2ncc(N)cn2)CC1. The van der Waals surface area contributed by atoms with Crippen molar-refractivity contribution < 1.29 is 0 Å². The number of aromatic nitrogens is 2. The fraction of sp³-hybridized carbons (Fsp3) is 0.500. The van der Waals surface area contributed by atoms with Crippen LogP contribution in [0.3, 0.4) is 0 Å². The summed E-state index contributed by atoms with van der Waals surface area (Å²) in [5.74, 6) is 0.937. The van der Waals surface area contributed by atoms with E-state index in [1.807, 2.05) is 0 Å². The van der Waals surface area contributed by atoms with E-state index in [0.717, 1.165) is 5.82 Å². The lowest BCUT2D eigenvalue weighted by Crippen LogP contribution is -2.06. The van der Waals surface area contributed by atoms with Gasteiger partial charge in [0.15, 0.2) is 0 Å². The van der Waals surface area contributed by atoms with Crippen LogP contribution in [-0.4, -0.2) is 9.97 Å². The van der Waals surface area contributed by atoms with Crippen LogP contribution in [0.15, 0.2) is 12.4 Å². The summed E-state index contributed by atoms with van der Waals surface area (Å²) in [6, 6.07) is 0. The van der Waals surface area contributed by atoms with E-state index in [1.54, 1.807) is 12.4 Å². The molecule has 0 atom stereocenters. The Kier molecular flexibility index (Phi) is 1.16. The Balaban J connectivity index is 2.33. The van der Waals surface area contributed by atoms with Gasteiger partial charge in [-0.2, -0.15) is 0 Å². The van der Waals surface area contributed by atoms with E-state index in [-0.39, 0.29) is 5.41 Å². The highest BCUT2D eigenvalue weighted by molar-refractivity contribution is 5.31. The highest BCUT2D eigenvalue weighted by Gasteiger charge is 2.41. The molecular weight excluding hydrogens is 138 g/mol. The van der Waals surface area contributed by atoms with E-state index in [0.29, 0.717) is 5.69 Å². The molecule has 11 heavy (non-hydrogen) atoms.